The van der Waals surface area contributed by atoms with Crippen molar-refractivity contribution in [2.75, 3.05) is 24.6 Å². The number of fused-ring (bicyclic) bond motifs is 1. The average molecular weight is 437 g/mol. The summed E-state index contributed by atoms with van der Waals surface area (Å²) in [7, 11) is 0. The van der Waals surface area contributed by atoms with Crippen LogP contribution in [0.3, 0.4) is 0 Å². The Labute approximate surface area is 187 Å². The molecule has 0 aromatic heterocycles. The van der Waals surface area contributed by atoms with Crippen molar-refractivity contribution in [2.24, 2.45) is 4.99 Å². The minimum atomic E-state index is -1.20. The first-order valence-electron chi connectivity index (χ1n) is 10.9. The summed E-state index contributed by atoms with van der Waals surface area (Å²) in [4.78, 5) is 46.5. The molecule has 3 aliphatic rings. The first-order valence-corrected chi connectivity index (χ1v) is 10.9. The smallest absolute Gasteiger partial charge is 0.254 e. The number of nitrogens with zero attached hydrogens (tertiary/aromatic N) is 3. The minimum Gasteiger partial charge on any atom is -0.376 e. The molecule has 1 fully saturated rings. The van der Waals surface area contributed by atoms with E-state index in [0.29, 0.717) is 24.7 Å². The van der Waals surface area contributed by atoms with Crippen molar-refractivity contribution >= 4 is 29.2 Å². The fraction of sp³-hybridized carbons (Fsp3) is 0.417. The Morgan fingerprint density at radius 2 is 2.12 bits per heavy atom. The second-order valence-electron chi connectivity index (χ2n) is 8.50. The van der Waals surface area contributed by atoms with Gasteiger partial charge in [0.25, 0.3) is 11.8 Å². The number of anilines is 1. The largest absolute Gasteiger partial charge is 0.376 e. The van der Waals surface area contributed by atoms with E-state index in [9.17, 15) is 14.4 Å². The highest BCUT2D eigenvalue weighted by Crippen LogP contribution is 2.32. The van der Waals surface area contributed by atoms with Gasteiger partial charge in [0.2, 0.25) is 5.91 Å². The van der Waals surface area contributed by atoms with Gasteiger partial charge in [0.1, 0.15) is 17.9 Å². The van der Waals surface area contributed by atoms with E-state index in [4.69, 9.17) is 4.74 Å². The number of hydrogen-bond donors (Lipinski definition) is 1. The molecule has 0 bridgehead atoms. The second-order valence-corrected chi connectivity index (χ2v) is 8.50. The Hall–Kier alpha value is -3.26. The molecule has 0 unspecified atom stereocenters. The molecule has 0 saturated carbocycles. The van der Waals surface area contributed by atoms with Crippen LogP contribution in [0.15, 0.2) is 53.7 Å². The molecule has 1 aromatic carbocycles. The number of aryl methyl sites for hydroxylation is 1. The number of amidine groups is 1. The van der Waals surface area contributed by atoms with Gasteiger partial charge in [-0.25, -0.2) is 0 Å². The van der Waals surface area contributed by atoms with E-state index in [1.54, 1.807) is 36.3 Å². The zero-order chi connectivity index (χ0) is 22.7. The van der Waals surface area contributed by atoms with Crippen LogP contribution in [-0.2, 0) is 19.1 Å². The molecule has 0 radical (unpaired) electrons. The molecule has 1 aromatic rings. The van der Waals surface area contributed by atoms with E-state index >= 15 is 0 Å². The van der Waals surface area contributed by atoms with E-state index in [0.717, 1.165) is 18.4 Å². The third kappa shape index (κ3) is 4.36. The molecule has 0 aliphatic carbocycles. The maximum Gasteiger partial charge on any atom is 0.254 e. The first kappa shape index (κ1) is 22.0. The Morgan fingerprint density at radius 3 is 2.88 bits per heavy atom. The summed E-state index contributed by atoms with van der Waals surface area (Å²) in [5, 5.41) is 2.89. The van der Waals surface area contributed by atoms with Gasteiger partial charge in [-0.05, 0) is 50.5 Å². The maximum atomic E-state index is 14.0. The van der Waals surface area contributed by atoms with Crippen molar-refractivity contribution in [1.29, 1.82) is 0 Å². The molecule has 3 aliphatic heterocycles. The standard InChI is InChI=1S/C24H28N4O4/c1-17-8-3-4-10-19(17)27(16-22(30)25-15-18-9-7-13-32-18)23(31)24(2)14-21(29)26-20-11-5-6-12-28(20)24/h3-6,8,10-12,18H,7,9,13-16H2,1-2H3,(H,25,30)/t18-,24-/m1/s1. The van der Waals surface area contributed by atoms with E-state index in [1.165, 1.54) is 4.90 Å². The van der Waals surface area contributed by atoms with Crippen LogP contribution in [0.2, 0.25) is 0 Å². The van der Waals surface area contributed by atoms with Crippen molar-refractivity contribution < 1.29 is 19.1 Å². The molecule has 1 saturated heterocycles. The number of benzene rings is 1. The number of allylic oxidation sites excluding steroid dienone is 2. The summed E-state index contributed by atoms with van der Waals surface area (Å²) >= 11 is 0. The topological polar surface area (TPSA) is 91.3 Å². The minimum absolute atomic E-state index is 0.0130. The van der Waals surface area contributed by atoms with Gasteiger partial charge in [0.05, 0.1) is 12.5 Å². The summed E-state index contributed by atoms with van der Waals surface area (Å²) in [6.07, 6.45) is 8.86. The Bertz CT molecular complexity index is 1010. The predicted molar refractivity (Wildman–Crippen MR) is 121 cm³/mol. The molecule has 168 valence electrons. The van der Waals surface area contributed by atoms with Crippen molar-refractivity contribution in [1.82, 2.24) is 10.2 Å². The van der Waals surface area contributed by atoms with Crippen LogP contribution in [0, 0.1) is 6.92 Å². The van der Waals surface area contributed by atoms with Crippen LogP contribution in [-0.4, -0.2) is 59.8 Å². The Kier molecular flexibility index (Phi) is 6.23. The lowest BCUT2D eigenvalue weighted by Gasteiger charge is -2.44. The van der Waals surface area contributed by atoms with Crippen LogP contribution >= 0.6 is 0 Å². The van der Waals surface area contributed by atoms with E-state index < -0.39 is 5.54 Å². The van der Waals surface area contributed by atoms with Gasteiger partial charge in [-0.3, -0.25) is 14.4 Å². The van der Waals surface area contributed by atoms with Gasteiger partial charge in [0, 0.05) is 25.0 Å². The number of rotatable bonds is 6. The number of hydrogen-bond acceptors (Lipinski definition) is 5. The molecule has 3 amide bonds. The number of aliphatic imine (C=N–C) groups is 1. The highest BCUT2D eigenvalue weighted by atomic mass is 16.5. The monoisotopic (exact) mass is 436 g/mol. The highest BCUT2D eigenvalue weighted by Gasteiger charge is 2.48. The average Bonchev–Trinajstić information content (AvgIpc) is 3.30. The molecular weight excluding hydrogens is 408 g/mol. The van der Waals surface area contributed by atoms with Gasteiger partial charge in [-0.2, -0.15) is 4.99 Å². The Morgan fingerprint density at radius 1 is 1.31 bits per heavy atom. The zero-order valence-corrected chi connectivity index (χ0v) is 18.4. The number of carbonyl (C=O) groups is 3. The fourth-order valence-corrected chi connectivity index (χ4v) is 4.32. The fourth-order valence-electron chi connectivity index (χ4n) is 4.32. The van der Waals surface area contributed by atoms with Gasteiger partial charge >= 0.3 is 0 Å². The predicted octanol–water partition coefficient (Wildman–Crippen LogP) is 2.10. The number of nitrogens with one attached hydrogen (secondary N) is 1. The summed E-state index contributed by atoms with van der Waals surface area (Å²) in [6.45, 7) is 4.59. The van der Waals surface area contributed by atoms with Crippen molar-refractivity contribution in [2.45, 2.75) is 44.8 Å². The molecule has 32 heavy (non-hydrogen) atoms. The second kappa shape index (κ2) is 9.08. The lowest BCUT2D eigenvalue weighted by Crippen LogP contribution is -2.62. The SMILES string of the molecule is Cc1ccccc1N(CC(=O)NC[C@H]1CCCO1)C(=O)[C@@]1(C)CC(=O)N=C2C=CC=CN21. The summed E-state index contributed by atoms with van der Waals surface area (Å²) in [5.74, 6) is -0.544. The number of para-hydroxylation sites is 1. The summed E-state index contributed by atoms with van der Waals surface area (Å²) in [6, 6.07) is 7.42. The van der Waals surface area contributed by atoms with Crippen molar-refractivity contribution in [3.8, 4) is 0 Å². The molecule has 2 atom stereocenters. The first-order chi connectivity index (χ1) is 15.4. The molecule has 0 spiro atoms. The lowest BCUT2D eigenvalue weighted by molar-refractivity contribution is -0.133. The quantitative estimate of drug-likeness (QED) is 0.737. The van der Waals surface area contributed by atoms with Crippen LogP contribution < -0.4 is 10.2 Å². The maximum absolute atomic E-state index is 14.0. The highest BCUT2D eigenvalue weighted by molar-refractivity contribution is 6.13. The number of amides is 3. The number of carbonyl (C=O) groups excluding carboxylic acids is 3. The van der Waals surface area contributed by atoms with Crippen LogP contribution in [0.5, 0.6) is 0 Å². The molecular formula is C24H28N4O4. The van der Waals surface area contributed by atoms with Crippen LogP contribution in [0.4, 0.5) is 5.69 Å². The van der Waals surface area contributed by atoms with Gasteiger partial charge in [-0.1, -0.05) is 24.3 Å². The molecule has 1 N–H and O–H groups in total. The third-order valence-electron chi connectivity index (χ3n) is 6.07. The summed E-state index contributed by atoms with van der Waals surface area (Å²) < 4.78 is 5.58. The Balaban J connectivity index is 1.61. The zero-order valence-electron chi connectivity index (χ0n) is 18.4. The molecule has 8 heteroatoms. The van der Waals surface area contributed by atoms with Gasteiger partial charge < -0.3 is 19.9 Å². The number of ether oxygens (including phenoxy) is 1. The molecule has 4 rings (SSSR count). The molecule has 3 heterocycles. The van der Waals surface area contributed by atoms with Crippen molar-refractivity contribution in [3.05, 3.63) is 54.3 Å². The van der Waals surface area contributed by atoms with Crippen LogP contribution in [0.25, 0.3) is 0 Å². The van der Waals surface area contributed by atoms with Gasteiger partial charge in [0.15, 0.2) is 0 Å². The van der Waals surface area contributed by atoms with Gasteiger partial charge in [-0.15, -0.1) is 0 Å². The summed E-state index contributed by atoms with van der Waals surface area (Å²) in [5.41, 5.74) is 0.299. The third-order valence-corrected chi connectivity index (χ3v) is 6.07. The van der Waals surface area contributed by atoms with Crippen LogP contribution in [0.1, 0.15) is 31.7 Å². The normalized spacial score (nSPS) is 24.2. The van der Waals surface area contributed by atoms with E-state index in [2.05, 4.69) is 10.3 Å². The van der Waals surface area contributed by atoms with Crippen molar-refractivity contribution in [3.63, 3.8) is 0 Å². The molecule has 8 nitrogen and oxygen atoms in total. The van der Waals surface area contributed by atoms with E-state index in [-0.39, 0.29) is 36.8 Å². The lowest BCUT2D eigenvalue weighted by atomic mass is 9.90. The van der Waals surface area contributed by atoms with E-state index in [1.807, 2.05) is 31.2 Å².